The van der Waals surface area contributed by atoms with Crippen LogP contribution in [-0.4, -0.2) is 18.1 Å². The first kappa shape index (κ1) is 12.4. The van der Waals surface area contributed by atoms with E-state index in [0.29, 0.717) is 11.3 Å². The molecule has 88 valence electrons. The van der Waals surface area contributed by atoms with Gasteiger partial charge in [0, 0.05) is 18.3 Å². The molecule has 0 atom stereocenters. The van der Waals surface area contributed by atoms with E-state index in [1.54, 1.807) is 6.07 Å². The van der Waals surface area contributed by atoms with Crippen molar-refractivity contribution in [2.45, 2.75) is 13.3 Å². The van der Waals surface area contributed by atoms with Crippen molar-refractivity contribution in [3.05, 3.63) is 29.3 Å². The van der Waals surface area contributed by atoms with Gasteiger partial charge in [-0.1, -0.05) is 12.1 Å². The van der Waals surface area contributed by atoms with E-state index in [-0.39, 0.29) is 5.56 Å². The number of anilines is 1. The van der Waals surface area contributed by atoms with E-state index in [1.807, 2.05) is 0 Å². The number of hydrogen-bond acceptors (Lipinski definition) is 2. The first-order chi connectivity index (χ1) is 7.43. The van der Waals surface area contributed by atoms with Crippen LogP contribution in [0.5, 0.6) is 0 Å². The Balaban J connectivity index is 2.98. The van der Waals surface area contributed by atoms with Gasteiger partial charge in [-0.2, -0.15) is 0 Å². The summed E-state index contributed by atoms with van der Waals surface area (Å²) < 4.78 is 25.1. The molecular formula is C10H13F2N3O. The Morgan fingerprint density at radius 1 is 1.50 bits per heavy atom. The van der Waals surface area contributed by atoms with Crippen LogP contribution >= 0.6 is 0 Å². The predicted molar refractivity (Wildman–Crippen MR) is 57.1 cm³/mol. The lowest BCUT2D eigenvalue weighted by atomic mass is 10.1. The van der Waals surface area contributed by atoms with Gasteiger partial charge in [-0.15, -0.1) is 0 Å². The molecule has 4 nitrogen and oxygen atoms in total. The third kappa shape index (κ3) is 2.66. The summed E-state index contributed by atoms with van der Waals surface area (Å²) in [5.41, 5.74) is 0.574. The molecule has 0 radical (unpaired) electrons. The SMILES string of the molecule is Cc1c(NC(=O)N(C)N)cccc1C(F)F. The fraction of sp³-hybridized carbons (Fsp3) is 0.300. The van der Waals surface area contributed by atoms with Crippen molar-refractivity contribution >= 4 is 11.7 Å². The molecule has 0 aliphatic rings. The van der Waals surface area contributed by atoms with Crippen molar-refractivity contribution in [1.29, 1.82) is 0 Å². The van der Waals surface area contributed by atoms with Crippen molar-refractivity contribution in [3.63, 3.8) is 0 Å². The number of nitrogens with zero attached hydrogens (tertiary/aromatic N) is 1. The molecule has 0 bridgehead atoms. The molecule has 0 saturated carbocycles. The average molecular weight is 229 g/mol. The lowest BCUT2D eigenvalue weighted by Crippen LogP contribution is -2.37. The molecule has 0 fully saturated rings. The van der Waals surface area contributed by atoms with Crippen molar-refractivity contribution < 1.29 is 13.6 Å². The Labute approximate surface area is 92.0 Å². The number of urea groups is 1. The van der Waals surface area contributed by atoms with Gasteiger partial charge >= 0.3 is 6.03 Å². The first-order valence-electron chi connectivity index (χ1n) is 4.60. The largest absolute Gasteiger partial charge is 0.335 e. The number of hydrazine groups is 1. The molecule has 3 N–H and O–H groups in total. The zero-order chi connectivity index (χ0) is 12.3. The number of carbonyl (C=O) groups is 1. The number of nitrogens with one attached hydrogen (secondary N) is 1. The van der Waals surface area contributed by atoms with Gasteiger partial charge in [0.25, 0.3) is 6.43 Å². The Hall–Kier alpha value is -1.69. The second kappa shape index (κ2) is 4.89. The highest BCUT2D eigenvalue weighted by molar-refractivity contribution is 5.89. The number of rotatable bonds is 2. The fourth-order valence-corrected chi connectivity index (χ4v) is 1.23. The van der Waals surface area contributed by atoms with E-state index in [0.717, 1.165) is 5.01 Å². The molecule has 0 unspecified atom stereocenters. The molecule has 0 saturated heterocycles. The highest BCUT2D eigenvalue weighted by Gasteiger charge is 2.14. The Morgan fingerprint density at radius 2 is 2.12 bits per heavy atom. The Bertz CT molecular complexity index is 394. The van der Waals surface area contributed by atoms with Gasteiger partial charge in [0.15, 0.2) is 0 Å². The van der Waals surface area contributed by atoms with Crippen LogP contribution in [0, 0.1) is 6.92 Å². The normalized spacial score (nSPS) is 10.4. The Morgan fingerprint density at radius 3 is 2.62 bits per heavy atom. The quantitative estimate of drug-likeness (QED) is 0.464. The number of carbonyl (C=O) groups excluding carboxylic acids is 1. The van der Waals surface area contributed by atoms with E-state index in [9.17, 15) is 13.6 Å². The van der Waals surface area contributed by atoms with Crippen molar-refractivity contribution in [1.82, 2.24) is 5.01 Å². The van der Waals surface area contributed by atoms with E-state index in [1.165, 1.54) is 26.1 Å². The maximum Gasteiger partial charge on any atom is 0.335 e. The number of hydrogen-bond donors (Lipinski definition) is 2. The third-order valence-electron chi connectivity index (χ3n) is 2.17. The maximum absolute atomic E-state index is 12.6. The molecule has 16 heavy (non-hydrogen) atoms. The predicted octanol–water partition coefficient (Wildman–Crippen LogP) is 2.27. The summed E-state index contributed by atoms with van der Waals surface area (Å²) >= 11 is 0. The average Bonchev–Trinajstić information content (AvgIpc) is 2.20. The van der Waals surface area contributed by atoms with Gasteiger partial charge in [0.05, 0.1) is 0 Å². The molecule has 0 spiro atoms. The van der Waals surface area contributed by atoms with Crippen LogP contribution in [0.2, 0.25) is 0 Å². The zero-order valence-corrected chi connectivity index (χ0v) is 9.00. The van der Waals surface area contributed by atoms with E-state index < -0.39 is 12.5 Å². The van der Waals surface area contributed by atoms with E-state index in [2.05, 4.69) is 5.32 Å². The number of nitrogens with two attached hydrogens (primary N) is 1. The summed E-state index contributed by atoms with van der Waals surface area (Å²) in [6.07, 6.45) is -2.56. The summed E-state index contributed by atoms with van der Waals surface area (Å²) in [5.74, 6) is 5.20. The molecule has 0 aliphatic carbocycles. The molecule has 0 aliphatic heterocycles. The number of halogens is 2. The van der Waals surface area contributed by atoms with Crippen LogP contribution in [0.4, 0.5) is 19.3 Å². The summed E-state index contributed by atoms with van der Waals surface area (Å²) in [5, 5.41) is 3.28. The van der Waals surface area contributed by atoms with E-state index in [4.69, 9.17) is 5.84 Å². The molecular weight excluding hydrogens is 216 g/mol. The van der Waals surface area contributed by atoms with Crippen molar-refractivity contribution in [2.75, 3.05) is 12.4 Å². The molecule has 1 aromatic carbocycles. The van der Waals surface area contributed by atoms with Crippen LogP contribution < -0.4 is 11.2 Å². The molecule has 2 amide bonds. The smallest absolute Gasteiger partial charge is 0.306 e. The third-order valence-corrected chi connectivity index (χ3v) is 2.17. The lowest BCUT2D eigenvalue weighted by Gasteiger charge is -2.15. The van der Waals surface area contributed by atoms with E-state index >= 15 is 0 Å². The van der Waals surface area contributed by atoms with Gasteiger partial charge in [0.1, 0.15) is 0 Å². The molecule has 0 heterocycles. The van der Waals surface area contributed by atoms with Crippen LogP contribution in [0.1, 0.15) is 17.6 Å². The standard InChI is InChI=1S/C10H13F2N3O/c1-6-7(9(11)12)4-3-5-8(6)14-10(16)15(2)13/h3-5,9H,13H2,1-2H3,(H,14,16). The minimum atomic E-state index is -2.56. The highest BCUT2D eigenvalue weighted by atomic mass is 19.3. The second-order valence-electron chi connectivity index (χ2n) is 3.36. The zero-order valence-electron chi connectivity index (χ0n) is 9.00. The van der Waals surface area contributed by atoms with Crippen LogP contribution in [0.3, 0.4) is 0 Å². The minimum Gasteiger partial charge on any atom is -0.306 e. The number of alkyl halides is 2. The van der Waals surface area contributed by atoms with Crippen LogP contribution in [0.15, 0.2) is 18.2 Å². The molecule has 1 aromatic rings. The molecule has 0 aromatic heterocycles. The highest BCUT2D eigenvalue weighted by Crippen LogP contribution is 2.27. The van der Waals surface area contributed by atoms with Gasteiger partial charge in [-0.3, -0.25) is 5.01 Å². The minimum absolute atomic E-state index is 0.0996. The Kier molecular flexibility index (Phi) is 3.78. The summed E-state index contributed by atoms with van der Waals surface area (Å²) in [7, 11) is 1.36. The van der Waals surface area contributed by atoms with Gasteiger partial charge in [0.2, 0.25) is 0 Å². The van der Waals surface area contributed by atoms with Gasteiger partial charge < -0.3 is 5.32 Å². The lowest BCUT2D eigenvalue weighted by molar-refractivity contribution is 0.150. The maximum atomic E-state index is 12.6. The topological polar surface area (TPSA) is 58.4 Å². The van der Waals surface area contributed by atoms with Crippen molar-refractivity contribution in [3.8, 4) is 0 Å². The van der Waals surface area contributed by atoms with Gasteiger partial charge in [-0.05, 0) is 18.6 Å². The monoisotopic (exact) mass is 229 g/mol. The summed E-state index contributed by atoms with van der Waals surface area (Å²) in [6, 6.07) is 3.76. The van der Waals surface area contributed by atoms with Gasteiger partial charge in [-0.25, -0.2) is 19.4 Å². The van der Waals surface area contributed by atoms with Crippen molar-refractivity contribution in [2.24, 2.45) is 5.84 Å². The number of amides is 2. The first-order valence-corrected chi connectivity index (χ1v) is 4.60. The van der Waals surface area contributed by atoms with Crippen LogP contribution in [0.25, 0.3) is 0 Å². The molecule has 6 heteroatoms. The molecule has 1 rings (SSSR count). The fourth-order valence-electron chi connectivity index (χ4n) is 1.23. The summed E-state index contributed by atoms with van der Waals surface area (Å²) in [6.45, 7) is 1.52. The second-order valence-corrected chi connectivity index (χ2v) is 3.36. The number of benzene rings is 1. The van der Waals surface area contributed by atoms with Crippen LogP contribution in [-0.2, 0) is 0 Å². The summed E-state index contributed by atoms with van der Waals surface area (Å²) in [4.78, 5) is 11.2.